The van der Waals surface area contributed by atoms with E-state index in [-0.39, 0.29) is 18.0 Å². The van der Waals surface area contributed by atoms with Crippen molar-refractivity contribution >= 4 is 5.78 Å². The second-order valence-corrected chi connectivity index (χ2v) is 4.98. The number of ether oxygens (including phenoxy) is 3. The molecule has 5 nitrogen and oxygen atoms in total. The molecule has 1 aliphatic carbocycles. The van der Waals surface area contributed by atoms with Crippen LogP contribution in [0.1, 0.15) is 32.1 Å². The second-order valence-electron chi connectivity index (χ2n) is 4.98. The normalized spacial score (nSPS) is 46.2. The SMILES string of the molecule is CNC12OCCC(=O)C1OC1CCCCC1O2. The molecule has 3 rings (SSSR count). The van der Waals surface area contributed by atoms with Gasteiger partial charge >= 0.3 is 0 Å². The third kappa shape index (κ3) is 1.81. The highest BCUT2D eigenvalue weighted by Gasteiger charge is 2.55. The third-order valence-electron chi connectivity index (χ3n) is 3.93. The first-order chi connectivity index (χ1) is 8.25. The van der Waals surface area contributed by atoms with Crippen LogP contribution in [-0.4, -0.2) is 43.7 Å². The third-order valence-corrected chi connectivity index (χ3v) is 3.93. The number of nitrogens with one attached hydrogen (secondary N) is 1. The monoisotopic (exact) mass is 241 g/mol. The molecule has 96 valence electrons. The molecule has 3 fully saturated rings. The molecule has 4 atom stereocenters. The zero-order valence-corrected chi connectivity index (χ0v) is 10.1. The van der Waals surface area contributed by atoms with Crippen LogP contribution in [-0.2, 0) is 19.0 Å². The molecule has 0 aromatic rings. The van der Waals surface area contributed by atoms with Crippen molar-refractivity contribution in [1.29, 1.82) is 0 Å². The van der Waals surface area contributed by atoms with E-state index in [1.165, 1.54) is 0 Å². The van der Waals surface area contributed by atoms with Crippen molar-refractivity contribution in [2.45, 2.75) is 56.3 Å². The van der Waals surface area contributed by atoms with Crippen molar-refractivity contribution in [2.24, 2.45) is 0 Å². The number of hydrogen-bond acceptors (Lipinski definition) is 5. The molecular weight excluding hydrogens is 222 g/mol. The van der Waals surface area contributed by atoms with Crippen molar-refractivity contribution in [1.82, 2.24) is 5.32 Å². The van der Waals surface area contributed by atoms with Crippen LogP contribution < -0.4 is 5.32 Å². The maximum atomic E-state index is 11.9. The highest BCUT2D eigenvalue weighted by molar-refractivity contribution is 5.85. The minimum atomic E-state index is -1.05. The van der Waals surface area contributed by atoms with Crippen molar-refractivity contribution in [3.63, 3.8) is 0 Å². The van der Waals surface area contributed by atoms with Gasteiger partial charge in [-0.1, -0.05) is 12.8 Å². The van der Waals surface area contributed by atoms with Gasteiger partial charge in [-0.15, -0.1) is 0 Å². The highest BCUT2D eigenvalue weighted by atomic mass is 16.8. The molecule has 5 heteroatoms. The number of Topliss-reactive ketones (excluding diaryl/α,β-unsaturated/α-hetero) is 1. The van der Waals surface area contributed by atoms with E-state index < -0.39 is 12.0 Å². The minimum absolute atomic E-state index is 0.0540. The number of rotatable bonds is 1. The van der Waals surface area contributed by atoms with E-state index >= 15 is 0 Å². The lowest BCUT2D eigenvalue weighted by Gasteiger charge is -2.51. The van der Waals surface area contributed by atoms with Gasteiger partial charge in [-0.3, -0.25) is 10.1 Å². The van der Waals surface area contributed by atoms with Crippen LogP contribution in [0, 0.1) is 0 Å². The van der Waals surface area contributed by atoms with Crippen molar-refractivity contribution in [3.05, 3.63) is 0 Å². The Balaban J connectivity index is 1.85. The fourth-order valence-electron chi connectivity index (χ4n) is 3.00. The molecule has 0 spiro atoms. The summed E-state index contributed by atoms with van der Waals surface area (Å²) in [5, 5.41) is 2.99. The number of fused-ring (bicyclic) bond motifs is 2. The Bertz CT molecular complexity index is 322. The van der Waals surface area contributed by atoms with Crippen LogP contribution in [0.4, 0.5) is 0 Å². The van der Waals surface area contributed by atoms with Gasteiger partial charge in [-0.05, 0) is 19.9 Å². The van der Waals surface area contributed by atoms with E-state index in [2.05, 4.69) is 5.32 Å². The van der Waals surface area contributed by atoms with Crippen molar-refractivity contribution in [2.75, 3.05) is 13.7 Å². The molecule has 2 aliphatic heterocycles. The van der Waals surface area contributed by atoms with Gasteiger partial charge in [0.1, 0.15) is 0 Å². The highest BCUT2D eigenvalue weighted by Crippen LogP contribution is 2.38. The average Bonchev–Trinajstić information content (AvgIpc) is 2.37. The molecule has 0 bridgehead atoms. The van der Waals surface area contributed by atoms with Crippen LogP contribution in [0.15, 0.2) is 0 Å². The average molecular weight is 241 g/mol. The van der Waals surface area contributed by atoms with E-state index in [0.29, 0.717) is 13.0 Å². The molecule has 1 N–H and O–H groups in total. The summed E-state index contributed by atoms with van der Waals surface area (Å²) in [6, 6.07) is 0. The molecule has 17 heavy (non-hydrogen) atoms. The van der Waals surface area contributed by atoms with Gasteiger partial charge in [-0.25, -0.2) is 0 Å². The Morgan fingerprint density at radius 2 is 2.06 bits per heavy atom. The first kappa shape index (κ1) is 11.6. The zero-order chi connectivity index (χ0) is 11.9. The summed E-state index contributed by atoms with van der Waals surface area (Å²) in [5.74, 6) is -0.969. The van der Waals surface area contributed by atoms with Crippen molar-refractivity contribution in [3.8, 4) is 0 Å². The largest absolute Gasteiger partial charge is 0.357 e. The van der Waals surface area contributed by atoms with E-state index in [1.807, 2.05) is 0 Å². The molecule has 0 amide bonds. The van der Waals surface area contributed by atoms with E-state index in [0.717, 1.165) is 25.7 Å². The minimum Gasteiger partial charge on any atom is -0.357 e. The number of ketones is 1. The molecular formula is C12H19NO4. The maximum Gasteiger partial charge on any atom is 0.262 e. The fourth-order valence-corrected chi connectivity index (χ4v) is 3.00. The van der Waals surface area contributed by atoms with E-state index in [1.54, 1.807) is 7.05 Å². The number of hydrogen-bond donors (Lipinski definition) is 1. The van der Waals surface area contributed by atoms with Gasteiger partial charge in [0, 0.05) is 6.42 Å². The summed E-state index contributed by atoms with van der Waals surface area (Å²) in [6.45, 7) is 0.400. The Labute approximate surface area is 101 Å². The first-order valence-corrected chi connectivity index (χ1v) is 6.44. The molecule has 0 aromatic heterocycles. The Kier molecular flexibility index (Phi) is 2.94. The molecule has 2 heterocycles. The van der Waals surface area contributed by atoms with Gasteiger partial charge in [0.05, 0.1) is 18.8 Å². The molecule has 1 saturated carbocycles. The number of carbonyl (C=O) groups is 1. The lowest BCUT2D eigenvalue weighted by molar-refractivity contribution is -0.378. The molecule has 0 aromatic carbocycles. The van der Waals surface area contributed by atoms with E-state index in [4.69, 9.17) is 14.2 Å². The summed E-state index contributed by atoms with van der Waals surface area (Å²) >= 11 is 0. The molecule has 3 aliphatic rings. The van der Waals surface area contributed by atoms with Gasteiger partial charge in [0.15, 0.2) is 11.9 Å². The summed E-state index contributed by atoms with van der Waals surface area (Å²) in [6.07, 6.45) is 4.18. The van der Waals surface area contributed by atoms with Crippen LogP contribution in [0.3, 0.4) is 0 Å². The quantitative estimate of drug-likeness (QED) is 0.727. The molecule has 0 radical (unpaired) electrons. The van der Waals surface area contributed by atoms with Crippen LogP contribution in [0.5, 0.6) is 0 Å². The predicted molar refractivity (Wildman–Crippen MR) is 59.4 cm³/mol. The first-order valence-electron chi connectivity index (χ1n) is 6.44. The van der Waals surface area contributed by atoms with Crippen LogP contribution in [0.25, 0.3) is 0 Å². The standard InChI is InChI=1S/C12H19NO4/c1-13-12-11(8(14)6-7-15-12)16-9-4-2-3-5-10(9)17-12/h9-11,13H,2-7H2,1H3. The van der Waals surface area contributed by atoms with Crippen molar-refractivity contribution < 1.29 is 19.0 Å². The lowest BCUT2D eigenvalue weighted by Crippen LogP contribution is -2.70. The summed E-state index contributed by atoms with van der Waals surface area (Å²) in [5.41, 5.74) is 0. The number of likely N-dealkylation sites (N-methyl/N-ethyl adjacent to an activating group) is 1. The Morgan fingerprint density at radius 3 is 2.82 bits per heavy atom. The lowest BCUT2D eigenvalue weighted by atomic mass is 9.91. The Hall–Kier alpha value is -0.490. The Morgan fingerprint density at radius 1 is 1.29 bits per heavy atom. The van der Waals surface area contributed by atoms with Crippen LogP contribution in [0.2, 0.25) is 0 Å². The van der Waals surface area contributed by atoms with Gasteiger partial charge in [0.2, 0.25) is 0 Å². The number of carbonyl (C=O) groups excluding carboxylic acids is 1. The fraction of sp³-hybridized carbons (Fsp3) is 0.917. The van der Waals surface area contributed by atoms with Gasteiger partial charge in [-0.2, -0.15) is 0 Å². The smallest absolute Gasteiger partial charge is 0.262 e. The second kappa shape index (κ2) is 4.31. The summed E-state index contributed by atoms with van der Waals surface area (Å²) < 4.78 is 17.6. The zero-order valence-electron chi connectivity index (χ0n) is 10.1. The maximum absolute atomic E-state index is 11.9. The predicted octanol–water partition coefficient (Wildman–Crippen LogP) is 0.576. The van der Waals surface area contributed by atoms with Gasteiger partial charge < -0.3 is 14.2 Å². The van der Waals surface area contributed by atoms with E-state index in [9.17, 15) is 4.79 Å². The topological polar surface area (TPSA) is 56.8 Å². The van der Waals surface area contributed by atoms with Gasteiger partial charge in [0.25, 0.3) is 5.91 Å². The molecule has 2 saturated heterocycles. The molecule has 4 unspecified atom stereocenters. The van der Waals surface area contributed by atoms with Crippen LogP contribution >= 0.6 is 0 Å². The summed E-state index contributed by atoms with van der Waals surface area (Å²) in [4.78, 5) is 11.9. The summed E-state index contributed by atoms with van der Waals surface area (Å²) in [7, 11) is 1.75.